The molecule has 4 rings (SSSR count). The molecule has 2 aliphatic rings. The van der Waals surface area contributed by atoms with Crippen molar-refractivity contribution in [3.63, 3.8) is 0 Å². The smallest absolute Gasteiger partial charge is 0.317 e. The molecule has 25 heavy (non-hydrogen) atoms. The molecule has 1 aromatic carbocycles. The van der Waals surface area contributed by atoms with Crippen LogP contribution in [0.15, 0.2) is 12.1 Å². The lowest BCUT2D eigenvalue weighted by Gasteiger charge is -2.40. The Morgan fingerprint density at radius 1 is 1.36 bits per heavy atom. The minimum absolute atomic E-state index is 0.00904. The number of morpholine rings is 1. The summed E-state index contributed by atoms with van der Waals surface area (Å²) in [5.74, 6) is 0.806. The topological polar surface area (TPSA) is 66.9 Å². The van der Waals surface area contributed by atoms with E-state index in [1.807, 2.05) is 11.0 Å². The van der Waals surface area contributed by atoms with Crippen LogP contribution in [0, 0.1) is 6.92 Å². The van der Waals surface area contributed by atoms with Crippen LogP contribution in [-0.4, -0.2) is 68.5 Å². The number of carbonyl (C=O) groups excluding carboxylic acids is 1. The number of carbonyl (C=O) groups is 1. The van der Waals surface area contributed by atoms with Gasteiger partial charge in [0.25, 0.3) is 0 Å². The molecular formula is C17H22N4O3S. The van der Waals surface area contributed by atoms with Crippen molar-refractivity contribution in [1.82, 2.24) is 15.2 Å². The Balaban J connectivity index is 1.39. The van der Waals surface area contributed by atoms with E-state index in [0.29, 0.717) is 26.3 Å². The van der Waals surface area contributed by atoms with E-state index in [1.165, 1.54) is 5.56 Å². The highest BCUT2D eigenvalue weighted by atomic mass is 32.1. The first kappa shape index (κ1) is 16.4. The average Bonchev–Trinajstić information content (AvgIpc) is 3.04. The molecule has 0 spiro atoms. The minimum atomic E-state index is 0.00904. The van der Waals surface area contributed by atoms with E-state index >= 15 is 0 Å². The summed E-state index contributed by atoms with van der Waals surface area (Å²) in [5.41, 5.74) is 2.13. The molecule has 3 heterocycles. The molecular weight excluding hydrogens is 340 g/mol. The number of nitrogens with one attached hydrogen (secondary N) is 1. The molecule has 0 bridgehead atoms. The van der Waals surface area contributed by atoms with Crippen molar-refractivity contribution in [2.24, 2.45) is 0 Å². The molecule has 7 nitrogen and oxygen atoms in total. The summed E-state index contributed by atoms with van der Waals surface area (Å²) < 4.78 is 11.9. The highest BCUT2D eigenvalue weighted by molar-refractivity contribution is 7.22. The second kappa shape index (κ2) is 6.68. The molecule has 0 saturated carbocycles. The molecule has 2 aromatic rings. The Labute approximate surface area is 150 Å². The third kappa shape index (κ3) is 3.11. The number of nitrogens with zero attached hydrogens (tertiary/aromatic N) is 3. The largest absolute Gasteiger partial charge is 0.494 e. The molecule has 0 radical (unpaired) electrons. The van der Waals surface area contributed by atoms with E-state index in [4.69, 9.17) is 14.5 Å². The van der Waals surface area contributed by atoms with Crippen molar-refractivity contribution >= 4 is 32.7 Å². The van der Waals surface area contributed by atoms with Gasteiger partial charge in [0.2, 0.25) is 0 Å². The summed E-state index contributed by atoms with van der Waals surface area (Å²) in [5, 5.41) is 4.08. The first-order chi connectivity index (χ1) is 12.2. The Hall–Kier alpha value is -2.06. The number of amides is 2. The molecule has 0 aliphatic carbocycles. The highest BCUT2D eigenvalue weighted by Gasteiger charge is 2.32. The van der Waals surface area contributed by atoms with Gasteiger partial charge in [-0.2, -0.15) is 0 Å². The predicted octanol–water partition coefficient (Wildman–Crippen LogP) is 1.84. The van der Waals surface area contributed by atoms with E-state index < -0.39 is 0 Å². The highest BCUT2D eigenvalue weighted by Crippen LogP contribution is 2.37. The van der Waals surface area contributed by atoms with Gasteiger partial charge >= 0.3 is 6.03 Å². The lowest BCUT2D eigenvalue weighted by molar-refractivity contribution is 0.0522. The van der Waals surface area contributed by atoms with E-state index in [9.17, 15) is 4.79 Å². The van der Waals surface area contributed by atoms with E-state index in [2.05, 4.69) is 23.2 Å². The van der Waals surface area contributed by atoms with Gasteiger partial charge in [0.15, 0.2) is 5.13 Å². The molecule has 0 unspecified atom stereocenters. The Bertz CT molecular complexity index is 782. The van der Waals surface area contributed by atoms with Crippen molar-refractivity contribution in [1.29, 1.82) is 0 Å². The van der Waals surface area contributed by atoms with Gasteiger partial charge in [-0.15, -0.1) is 0 Å². The lowest BCUT2D eigenvalue weighted by atomic mass is 10.1. The number of thiazole rings is 1. The molecule has 2 amide bonds. The number of urea groups is 1. The lowest BCUT2D eigenvalue weighted by Crippen LogP contribution is -2.62. The van der Waals surface area contributed by atoms with Crippen LogP contribution in [-0.2, 0) is 4.74 Å². The van der Waals surface area contributed by atoms with E-state index in [0.717, 1.165) is 34.2 Å². The maximum absolute atomic E-state index is 12.2. The van der Waals surface area contributed by atoms with Crippen molar-refractivity contribution in [2.75, 3.05) is 51.4 Å². The van der Waals surface area contributed by atoms with Gasteiger partial charge in [0, 0.05) is 26.2 Å². The van der Waals surface area contributed by atoms with E-state index in [1.54, 1.807) is 18.4 Å². The number of hydrogen-bond acceptors (Lipinski definition) is 6. The van der Waals surface area contributed by atoms with Crippen LogP contribution >= 0.6 is 11.3 Å². The number of hydrogen-bond donors (Lipinski definition) is 1. The number of anilines is 1. The quantitative estimate of drug-likeness (QED) is 0.903. The number of methoxy groups -OCH3 is 1. The number of rotatable bonds is 3. The van der Waals surface area contributed by atoms with Crippen LogP contribution < -0.4 is 15.0 Å². The van der Waals surface area contributed by atoms with Crippen LogP contribution in [0.4, 0.5) is 9.93 Å². The fraction of sp³-hybridized carbons (Fsp3) is 0.529. The second-order valence-corrected chi connectivity index (χ2v) is 7.39. The van der Waals surface area contributed by atoms with Crippen molar-refractivity contribution in [3.05, 3.63) is 17.7 Å². The van der Waals surface area contributed by atoms with Gasteiger partial charge in [-0.3, -0.25) is 0 Å². The van der Waals surface area contributed by atoms with Gasteiger partial charge in [-0.25, -0.2) is 9.78 Å². The zero-order valence-corrected chi connectivity index (χ0v) is 15.3. The maximum atomic E-state index is 12.2. The van der Waals surface area contributed by atoms with Gasteiger partial charge in [0.1, 0.15) is 11.3 Å². The molecule has 1 aromatic heterocycles. The van der Waals surface area contributed by atoms with Crippen LogP contribution in [0.3, 0.4) is 0 Å². The van der Waals surface area contributed by atoms with Crippen molar-refractivity contribution in [3.8, 4) is 5.75 Å². The van der Waals surface area contributed by atoms with E-state index in [-0.39, 0.29) is 12.1 Å². The third-order valence-corrected chi connectivity index (χ3v) is 5.94. The summed E-state index contributed by atoms with van der Waals surface area (Å²) in [6, 6.07) is 4.20. The van der Waals surface area contributed by atoms with Crippen LogP contribution in [0.25, 0.3) is 10.2 Å². The van der Waals surface area contributed by atoms with Crippen molar-refractivity contribution < 1.29 is 14.3 Å². The van der Waals surface area contributed by atoms with Crippen LogP contribution in [0.2, 0.25) is 0 Å². The van der Waals surface area contributed by atoms with Crippen LogP contribution in [0.1, 0.15) is 5.56 Å². The first-order valence-corrected chi connectivity index (χ1v) is 9.29. The minimum Gasteiger partial charge on any atom is -0.494 e. The van der Waals surface area contributed by atoms with Crippen LogP contribution in [0.5, 0.6) is 5.75 Å². The zero-order valence-electron chi connectivity index (χ0n) is 14.4. The Morgan fingerprint density at radius 2 is 2.12 bits per heavy atom. The summed E-state index contributed by atoms with van der Waals surface area (Å²) in [7, 11) is 1.67. The number of aromatic nitrogens is 1. The Kier molecular flexibility index (Phi) is 4.39. The van der Waals surface area contributed by atoms with Crippen molar-refractivity contribution in [2.45, 2.75) is 13.0 Å². The van der Waals surface area contributed by atoms with Gasteiger partial charge < -0.3 is 24.6 Å². The first-order valence-electron chi connectivity index (χ1n) is 8.48. The van der Waals surface area contributed by atoms with Gasteiger partial charge in [-0.05, 0) is 18.6 Å². The SMILES string of the molecule is COc1ccc(C)c2sc(N3CC(NC(=O)N4CCOCC4)C3)nc12. The molecule has 2 saturated heterocycles. The predicted molar refractivity (Wildman–Crippen MR) is 97.8 cm³/mol. The third-order valence-electron chi connectivity index (χ3n) is 4.69. The maximum Gasteiger partial charge on any atom is 0.317 e. The zero-order chi connectivity index (χ0) is 17.4. The molecule has 2 aliphatic heterocycles. The number of aryl methyl sites for hydroxylation is 1. The monoisotopic (exact) mass is 362 g/mol. The standard InChI is InChI=1S/C17H22N4O3S/c1-11-3-4-13(23-2)14-15(11)25-17(19-14)21-9-12(10-21)18-16(22)20-5-7-24-8-6-20/h3-4,12H,5-10H2,1-2H3,(H,18,22). The summed E-state index contributed by atoms with van der Waals surface area (Å²) in [6.45, 7) is 6.24. The number of ether oxygens (including phenoxy) is 2. The number of benzene rings is 1. The fourth-order valence-corrected chi connectivity index (χ4v) is 4.23. The number of fused-ring (bicyclic) bond motifs is 1. The molecule has 0 atom stereocenters. The van der Waals surface area contributed by atoms with Gasteiger partial charge in [-0.1, -0.05) is 17.4 Å². The molecule has 2 fully saturated rings. The molecule has 1 N–H and O–H groups in total. The van der Waals surface area contributed by atoms with Gasteiger partial charge in [0.05, 0.1) is 31.1 Å². The second-order valence-electron chi connectivity index (χ2n) is 6.41. The summed E-state index contributed by atoms with van der Waals surface area (Å²) in [4.78, 5) is 21.0. The molecule has 8 heteroatoms. The summed E-state index contributed by atoms with van der Waals surface area (Å²) >= 11 is 1.68. The normalized spacial score (nSPS) is 18.3. The average molecular weight is 362 g/mol. The Morgan fingerprint density at radius 3 is 2.84 bits per heavy atom. The summed E-state index contributed by atoms with van der Waals surface area (Å²) in [6.07, 6.45) is 0. The molecule has 134 valence electrons. The fourth-order valence-electron chi connectivity index (χ4n) is 3.16.